The fourth-order valence-corrected chi connectivity index (χ4v) is 5.11. The molecule has 1 heterocycles. The van der Waals surface area contributed by atoms with E-state index in [0.29, 0.717) is 11.5 Å². The average molecular weight is 422 g/mol. The third kappa shape index (κ3) is 4.73. The number of fused-ring (bicyclic) bond motifs is 1. The third-order valence-electron chi connectivity index (χ3n) is 5.66. The molecule has 0 saturated heterocycles. The fraction of sp³-hybridized carbons (Fsp3) is 0.280. The standard InChI is InChI=1S/C25H24FNO2S/c1-29-25(28)24-12-13-27-16-19(24)9-8-17-4-2-5-18-14-22(10-11-23(17)18)30-21-7-3-6-20(26)15-21/h3,6-7,10-17H,2,4-5,8-9H2,1H3/t17-/m0/s1. The van der Waals surface area contributed by atoms with Crippen LogP contribution in [0.15, 0.2) is 70.7 Å². The largest absolute Gasteiger partial charge is 0.465 e. The number of benzene rings is 2. The maximum absolute atomic E-state index is 13.5. The molecule has 3 aromatic rings. The highest BCUT2D eigenvalue weighted by atomic mass is 32.2. The first-order valence-corrected chi connectivity index (χ1v) is 11.0. The summed E-state index contributed by atoms with van der Waals surface area (Å²) in [5.74, 6) is -0.0529. The molecule has 30 heavy (non-hydrogen) atoms. The summed E-state index contributed by atoms with van der Waals surface area (Å²) in [4.78, 5) is 18.3. The van der Waals surface area contributed by atoms with Gasteiger partial charge in [-0.2, -0.15) is 0 Å². The summed E-state index contributed by atoms with van der Waals surface area (Å²) in [6.45, 7) is 0. The molecule has 1 aliphatic carbocycles. The highest BCUT2D eigenvalue weighted by molar-refractivity contribution is 7.99. The van der Waals surface area contributed by atoms with Gasteiger partial charge in [-0.1, -0.05) is 23.9 Å². The Kier molecular flexibility index (Phi) is 6.48. The van der Waals surface area contributed by atoms with E-state index in [1.54, 1.807) is 42.4 Å². The number of rotatable bonds is 6. The summed E-state index contributed by atoms with van der Waals surface area (Å²) in [5, 5.41) is 0. The monoisotopic (exact) mass is 421 g/mol. The quantitative estimate of drug-likeness (QED) is 0.444. The van der Waals surface area contributed by atoms with Crippen LogP contribution in [0.5, 0.6) is 0 Å². The van der Waals surface area contributed by atoms with Gasteiger partial charge in [-0.15, -0.1) is 0 Å². The lowest BCUT2D eigenvalue weighted by molar-refractivity contribution is 0.0599. The van der Waals surface area contributed by atoms with Crippen LogP contribution in [0.4, 0.5) is 4.39 Å². The molecule has 1 aliphatic rings. The van der Waals surface area contributed by atoms with Crippen LogP contribution in [0.3, 0.4) is 0 Å². The van der Waals surface area contributed by atoms with E-state index in [-0.39, 0.29) is 11.8 Å². The maximum Gasteiger partial charge on any atom is 0.338 e. The van der Waals surface area contributed by atoms with Gasteiger partial charge in [-0.05, 0) is 91.1 Å². The number of esters is 1. The van der Waals surface area contributed by atoms with E-state index in [4.69, 9.17) is 4.74 Å². The van der Waals surface area contributed by atoms with Crippen molar-refractivity contribution in [3.05, 3.63) is 89.0 Å². The number of carbonyl (C=O) groups is 1. The van der Waals surface area contributed by atoms with Gasteiger partial charge in [0.1, 0.15) is 5.82 Å². The smallest absolute Gasteiger partial charge is 0.338 e. The van der Waals surface area contributed by atoms with Gasteiger partial charge in [0.2, 0.25) is 0 Å². The van der Waals surface area contributed by atoms with Crippen LogP contribution in [-0.4, -0.2) is 18.1 Å². The van der Waals surface area contributed by atoms with Crippen LogP contribution in [0.1, 0.15) is 52.2 Å². The van der Waals surface area contributed by atoms with E-state index in [1.165, 1.54) is 24.3 Å². The van der Waals surface area contributed by atoms with Crippen molar-refractivity contribution in [2.24, 2.45) is 0 Å². The fourth-order valence-electron chi connectivity index (χ4n) is 4.19. The molecular weight excluding hydrogens is 397 g/mol. The van der Waals surface area contributed by atoms with E-state index < -0.39 is 0 Å². The summed E-state index contributed by atoms with van der Waals surface area (Å²) in [5.41, 5.74) is 4.32. The molecule has 0 saturated carbocycles. The number of nitrogens with zero attached hydrogens (tertiary/aromatic N) is 1. The van der Waals surface area contributed by atoms with E-state index in [9.17, 15) is 9.18 Å². The number of carbonyl (C=O) groups excluding carboxylic acids is 1. The Bertz CT molecular complexity index is 1050. The van der Waals surface area contributed by atoms with Crippen molar-refractivity contribution in [1.82, 2.24) is 4.98 Å². The van der Waals surface area contributed by atoms with E-state index in [0.717, 1.165) is 47.5 Å². The van der Waals surface area contributed by atoms with Crippen molar-refractivity contribution >= 4 is 17.7 Å². The molecule has 0 unspecified atom stereocenters. The van der Waals surface area contributed by atoms with Crippen LogP contribution in [-0.2, 0) is 17.6 Å². The first kappa shape index (κ1) is 20.6. The highest BCUT2D eigenvalue weighted by Crippen LogP contribution is 2.38. The van der Waals surface area contributed by atoms with Gasteiger partial charge in [0.25, 0.3) is 0 Å². The van der Waals surface area contributed by atoms with Crippen molar-refractivity contribution in [1.29, 1.82) is 0 Å². The number of halogens is 1. The van der Waals surface area contributed by atoms with Crippen molar-refractivity contribution in [2.75, 3.05) is 7.11 Å². The average Bonchev–Trinajstić information content (AvgIpc) is 2.77. The molecule has 3 nitrogen and oxygen atoms in total. The minimum atomic E-state index is -0.310. The zero-order chi connectivity index (χ0) is 20.9. The molecule has 0 N–H and O–H groups in total. The Labute approximate surface area is 180 Å². The van der Waals surface area contributed by atoms with Crippen LogP contribution >= 0.6 is 11.8 Å². The lowest BCUT2D eigenvalue weighted by Crippen LogP contribution is -2.12. The SMILES string of the molecule is COC(=O)c1ccncc1CC[C@@H]1CCCc2cc(Sc3cccc(F)c3)ccc21. The topological polar surface area (TPSA) is 39.2 Å². The van der Waals surface area contributed by atoms with Crippen LogP contribution < -0.4 is 0 Å². The molecule has 154 valence electrons. The number of pyridine rings is 1. The summed E-state index contributed by atoms with van der Waals surface area (Å²) >= 11 is 1.59. The third-order valence-corrected chi connectivity index (χ3v) is 6.64. The summed E-state index contributed by atoms with van der Waals surface area (Å²) in [6, 6.07) is 15.1. The van der Waals surface area contributed by atoms with Crippen LogP contribution in [0.2, 0.25) is 0 Å². The Morgan fingerprint density at radius 2 is 2.07 bits per heavy atom. The van der Waals surface area contributed by atoms with Gasteiger partial charge in [0.05, 0.1) is 12.7 Å². The zero-order valence-electron chi connectivity index (χ0n) is 16.9. The Hall–Kier alpha value is -2.66. The van der Waals surface area contributed by atoms with Gasteiger partial charge in [0, 0.05) is 22.2 Å². The molecular formula is C25H24FNO2S. The molecule has 0 spiro atoms. The summed E-state index contributed by atoms with van der Waals surface area (Å²) < 4.78 is 18.4. The second-order valence-electron chi connectivity index (χ2n) is 7.57. The molecule has 0 amide bonds. The predicted molar refractivity (Wildman–Crippen MR) is 117 cm³/mol. The van der Waals surface area contributed by atoms with Gasteiger partial charge < -0.3 is 4.74 Å². The molecule has 0 radical (unpaired) electrons. The van der Waals surface area contributed by atoms with E-state index >= 15 is 0 Å². The van der Waals surface area contributed by atoms with Gasteiger partial charge >= 0.3 is 5.97 Å². The number of ether oxygens (including phenoxy) is 1. The first-order chi connectivity index (χ1) is 14.6. The Morgan fingerprint density at radius 1 is 1.20 bits per heavy atom. The molecule has 0 fully saturated rings. The minimum absolute atomic E-state index is 0.209. The number of aromatic nitrogens is 1. The van der Waals surface area contributed by atoms with Crippen LogP contribution in [0, 0.1) is 5.82 Å². The summed E-state index contributed by atoms with van der Waals surface area (Å²) in [7, 11) is 1.41. The lowest BCUT2D eigenvalue weighted by atomic mass is 9.80. The van der Waals surface area contributed by atoms with E-state index in [2.05, 4.69) is 23.2 Å². The number of aryl methyl sites for hydroxylation is 2. The van der Waals surface area contributed by atoms with Crippen molar-refractivity contribution in [2.45, 2.75) is 47.8 Å². The van der Waals surface area contributed by atoms with Crippen molar-refractivity contribution < 1.29 is 13.9 Å². The highest BCUT2D eigenvalue weighted by Gasteiger charge is 2.22. The number of methoxy groups -OCH3 is 1. The van der Waals surface area contributed by atoms with Crippen molar-refractivity contribution in [3.8, 4) is 0 Å². The van der Waals surface area contributed by atoms with Gasteiger partial charge in [-0.25, -0.2) is 9.18 Å². The van der Waals surface area contributed by atoms with Gasteiger partial charge in [0.15, 0.2) is 0 Å². The zero-order valence-corrected chi connectivity index (χ0v) is 17.8. The normalized spacial score (nSPS) is 15.5. The maximum atomic E-state index is 13.5. The number of hydrogen-bond acceptors (Lipinski definition) is 4. The molecule has 5 heteroatoms. The second-order valence-corrected chi connectivity index (χ2v) is 8.72. The molecule has 4 rings (SSSR count). The molecule has 1 aromatic heterocycles. The predicted octanol–water partition coefficient (Wildman–Crippen LogP) is 6.21. The van der Waals surface area contributed by atoms with Crippen LogP contribution in [0.25, 0.3) is 0 Å². The molecule has 0 aliphatic heterocycles. The van der Waals surface area contributed by atoms with E-state index in [1.807, 2.05) is 6.07 Å². The van der Waals surface area contributed by atoms with Crippen molar-refractivity contribution in [3.63, 3.8) is 0 Å². The minimum Gasteiger partial charge on any atom is -0.465 e. The Morgan fingerprint density at radius 3 is 2.90 bits per heavy atom. The molecule has 1 atom stereocenters. The molecule has 0 bridgehead atoms. The number of hydrogen-bond donors (Lipinski definition) is 0. The first-order valence-electron chi connectivity index (χ1n) is 10.2. The second kappa shape index (κ2) is 9.43. The lowest BCUT2D eigenvalue weighted by Gasteiger charge is -2.26. The molecule has 2 aromatic carbocycles. The Balaban J connectivity index is 1.49. The summed E-state index contributed by atoms with van der Waals surface area (Å²) in [6.07, 6.45) is 8.54. The van der Waals surface area contributed by atoms with Gasteiger partial charge in [-0.3, -0.25) is 4.98 Å².